The van der Waals surface area contributed by atoms with Crippen molar-refractivity contribution < 1.29 is 42.1 Å². The van der Waals surface area contributed by atoms with Crippen LogP contribution in [0, 0.1) is 0 Å². The normalized spacial score (nSPS) is 13.0. The van der Waals surface area contributed by atoms with Crippen LogP contribution in [-0.2, 0) is 32.7 Å². The van der Waals surface area contributed by atoms with Gasteiger partial charge < -0.3 is 18.9 Å². The number of phosphoric ester groups is 1. The molecule has 1 N–H and O–H groups in total. The minimum atomic E-state index is -4.39. The molecular formula is C84H165NO8P+. The Morgan fingerprint density at radius 2 is 0.543 bits per heavy atom. The average molecular weight is 1350 g/mol. The fourth-order valence-electron chi connectivity index (χ4n) is 13.0. The summed E-state index contributed by atoms with van der Waals surface area (Å²) >= 11 is 0. The molecule has 0 bridgehead atoms. The molecule has 0 radical (unpaired) electrons. The van der Waals surface area contributed by atoms with Gasteiger partial charge in [0.25, 0.3) is 0 Å². The van der Waals surface area contributed by atoms with Crippen molar-refractivity contribution in [1.29, 1.82) is 0 Å². The van der Waals surface area contributed by atoms with Crippen LogP contribution in [0.2, 0.25) is 0 Å². The summed E-state index contributed by atoms with van der Waals surface area (Å²) in [6.07, 6.45) is 97.8. The van der Waals surface area contributed by atoms with Crippen molar-refractivity contribution in [3.63, 3.8) is 0 Å². The summed E-state index contributed by atoms with van der Waals surface area (Å²) in [5, 5.41) is 0. The van der Waals surface area contributed by atoms with E-state index in [0.29, 0.717) is 17.4 Å². The first-order valence-corrected chi connectivity index (χ1v) is 43.6. The summed E-state index contributed by atoms with van der Waals surface area (Å²) in [4.78, 5) is 36.0. The van der Waals surface area contributed by atoms with Gasteiger partial charge in [-0.15, -0.1) is 0 Å². The summed E-state index contributed by atoms with van der Waals surface area (Å²) in [5.41, 5.74) is 0. The van der Waals surface area contributed by atoms with Crippen molar-refractivity contribution in [3.05, 3.63) is 24.3 Å². The van der Waals surface area contributed by atoms with Gasteiger partial charge in [0, 0.05) is 12.8 Å². The summed E-state index contributed by atoms with van der Waals surface area (Å²) in [6.45, 7) is 4.53. The van der Waals surface area contributed by atoms with Gasteiger partial charge in [-0.2, -0.15) is 0 Å². The van der Waals surface area contributed by atoms with Gasteiger partial charge in [0.15, 0.2) is 6.10 Å². The lowest BCUT2D eigenvalue weighted by molar-refractivity contribution is -0.870. The predicted molar refractivity (Wildman–Crippen MR) is 409 cm³/mol. The minimum Gasteiger partial charge on any atom is -0.462 e. The second-order valence-electron chi connectivity index (χ2n) is 30.2. The molecule has 0 rings (SSSR count). The maximum atomic E-state index is 12.9. The summed E-state index contributed by atoms with van der Waals surface area (Å²) < 4.78 is 34.9. The third-order valence-corrected chi connectivity index (χ3v) is 20.4. The van der Waals surface area contributed by atoms with E-state index in [1.165, 1.54) is 385 Å². The Hall–Kier alpha value is -1.51. The van der Waals surface area contributed by atoms with Crippen LogP contribution in [0.3, 0.4) is 0 Å². The van der Waals surface area contributed by atoms with Crippen LogP contribution in [-0.4, -0.2) is 74.9 Å². The Kier molecular flexibility index (Phi) is 74.5. The van der Waals surface area contributed by atoms with E-state index >= 15 is 0 Å². The lowest BCUT2D eigenvalue weighted by atomic mass is 10.0. The number of phosphoric acid groups is 1. The summed E-state index contributed by atoms with van der Waals surface area (Å²) in [5.74, 6) is -0.767. The molecular weight excluding hydrogens is 1180 g/mol. The van der Waals surface area contributed by atoms with Gasteiger partial charge in [0.05, 0.1) is 27.7 Å². The van der Waals surface area contributed by atoms with Crippen LogP contribution < -0.4 is 0 Å². The Morgan fingerprint density at radius 1 is 0.319 bits per heavy atom. The highest BCUT2D eigenvalue weighted by Crippen LogP contribution is 2.43. The molecule has 0 amide bonds. The molecule has 2 atom stereocenters. The van der Waals surface area contributed by atoms with Crippen molar-refractivity contribution in [1.82, 2.24) is 0 Å². The summed E-state index contributed by atoms with van der Waals surface area (Å²) in [6, 6.07) is 0. The van der Waals surface area contributed by atoms with Crippen molar-refractivity contribution in [2.45, 2.75) is 457 Å². The number of unbranched alkanes of at least 4 members (excludes halogenated alkanes) is 62. The fourth-order valence-corrected chi connectivity index (χ4v) is 13.8. The van der Waals surface area contributed by atoms with Gasteiger partial charge in [-0.1, -0.05) is 398 Å². The van der Waals surface area contributed by atoms with Crippen LogP contribution in [0.15, 0.2) is 24.3 Å². The molecule has 0 saturated carbocycles. The third kappa shape index (κ3) is 79.5. The number of carbonyl (C=O) groups is 2. The quantitative estimate of drug-likeness (QED) is 0.0211. The highest BCUT2D eigenvalue weighted by molar-refractivity contribution is 7.47. The fraction of sp³-hybridized carbons (Fsp3) is 0.929. The van der Waals surface area contributed by atoms with Crippen LogP contribution in [0.25, 0.3) is 0 Å². The molecule has 0 aromatic heterocycles. The van der Waals surface area contributed by atoms with Gasteiger partial charge >= 0.3 is 19.8 Å². The van der Waals surface area contributed by atoms with Crippen molar-refractivity contribution in [3.8, 4) is 0 Å². The van der Waals surface area contributed by atoms with Crippen LogP contribution in [0.5, 0.6) is 0 Å². The van der Waals surface area contributed by atoms with Gasteiger partial charge in [0.2, 0.25) is 0 Å². The van der Waals surface area contributed by atoms with E-state index in [2.05, 4.69) is 38.2 Å². The number of ether oxygens (including phenoxy) is 2. The van der Waals surface area contributed by atoms with Gasteiger partial charge in [-0.3, -0.25) is 18.6 Å². The molecule has 10 heteroatoms. The number of rotatable bonds is 80. The molecule has 0 saturated heterocycles. The molecule has 0 aliphatic carbocycles. The molecule has 0 spiro atoms. The van der Waals surface area contributed by atoms with E-state index in [0.717, 1.165) is 38.5 Å². The lowest BCUT2D eigenvalue weighted by Crippen LogP contribution is -2.37. The largest absolute Gasteiger partial charge is 0.472 e. The molecule has 558 valence electrons. The van der Waals surface area contributed by atoms with Crippen LogP contribution in [0.1, 0.15) is 450 Å². The standard InChI is InChI=1S/C84H164NO8P/c1-6-8-10-12-14-16-18-20-22-24-26-28-30-32-34-36-38-40-41-42-43-45-47-49-51-53-55-57-59-61-63-65-67-69-71-73-75-77-84(87)93-82(81-92-94(88,89)91-79-78-85(3,4)5)80-90-83(86)76-74-72-70-68-66-64-62-60-58-56-54-52-50-48-46-44-39-37-35-33-31-29-27-25-23-21-19-17-15-13-11-9-7-2/h24-27,82H,6-23,28-81H2,1-5H3/p+1/b26-24-,27-25-. The number of allylic oxidation sites excluding steroid dienone is 4. The van der Waals surface area contributed by atoms with E-state index in [-0.39, 0.29) is 25.6 Å². The molecule has 0 fully saturated rings. The average Bonchev–Trinajstić information content (AvgIpc) is 1.56. The first-order chi connectivity index (χ1) is 46.0. The second-order valence-corrected chi connectivity index (χ2v) is 31.7. The Bertz CT molecular complexity index is 1630. The number of esters is 2. The van der Waals surface area contributed by atoms with Gasteiger partial charge in [-0.25, -0.2) is 4.57 Å². The van der Waals surface area contributed by atoms with Gasteiger partial charge in [0.1, 0.15) is 19.8 Å². The van der Waals surface area contributed by atoms with Crippen LogP contribution in [0.4, 0.5) is 0 Å². The highest BCUT2D eigenvalue weighted by Gasteiger charge is 2.27. The highest BCUT2D eigenvalue weighted by atomic mass is 31.2. The lowest BCUT2D eigenvalue weighted by Gasteiger charge is -2.24. The van der Waals surface area contributed by atoms with E-state index in [1.54, 1.807) is 0 Å². The maximum Gasteiger partial charge on any atom is 0.472 e. The molecule has 2 unspecified atom stereocenters. The smallest absolute Gasteiger partial charge is 0.462 e. The van der Waals surface area contributed by atoms with E-state index < -0.39 is 26.5 Å². The number of quaternary nitrogens is 1. The number of hydrogen-bond acceptors (Lipinski definition) is 7. The molecule has 0 aromatic rings. The monoisotopic (exact) mass is 1350 g/mol. The van der Waals surface area contributed by atoms with E-state index in [1.807, 2.05) is 21.1 Å². The molecule has 94 heavy (non-hydrogen) atoms. The van der Waals surface area contributed by atoms with Crippen molar-refractivity contribution >= 4 is 19.8 Å². The zero-order chi connectivity index (χ0) is 68.3. The molecule has 0 aliphatic rings. The zero-order valence-corrected chi connectivity index (χ0v) is 64.9. The van der Waals surface area contributed by atoms with Gasteiger partial charge in [-0.05, 0) is 64.2 Å². The Balaban J connectivity index is 3.87. The first-order valence-electron chi connectivity index (χ1n) is 42.1. The molecule has 0 heterocycles. The topological polar surface area (TPSA) is 108 Å². The maximum absolute atomic E-state index is 12.9. The van der Waals surface area contributed by atoms with E-state index in [9.17, 15) is 19.0 Å². The number of nitrogens with zero attached hydrogens (tertiary/aromatic N) is 1. The van der Waals surface area contributed by atoms with E-state index in [4.69, 9.17) is 18.5 Å². The third-order valence-electron chi connectivity index (χ3n) is 19.5. The van der Waals surface area contributed by atoms with Crippen molar-refractivity contribution in [2.75, 3.05) is 47.5 Å². The Labute approximate surface area is 587 Å². The molecule has 9 nitrogen and oxygen atoms in total. The summed E-state index contributed by atoms with van der Waals surface area (Å²) in [7, 11) is 1.51. The number of hydrogen-bond donors (Lipinski definition) is 1. The SMILES string of the molecule is CCCCCCCCCC/C=C\CCCCCCCCCCCCCCCCCCCCCCCCCCCC(=O)OC(COC(=O)CCCCCCCCCCCCCCCCCCCCCCC/C=C\CCCCCCCCCC)COP(=O)(O)OCC[N+](C)(C)C. The number of likely N-dealkylation sites (N-methyl/N-ethyl adjacent to an activating group) is 1. The first kappa shape index (κ1) is 92.5. The second kappa shape index (κ2) is 75.7. The minimum absolute atomic E-state index is 0.0363. The Morgan fingerprint density at radius 3 is 0.787 bits per heavy atom. The van der Waals surface area contributed by atoms with Crippen LogP contribution >= 0.6 is 7.82 Å². The molecule has 0 aliphatic heterocycles. The molecule has 0 aromatic carbocycles. The zero-order valence-electron chi connectivity index (χ0n) is 64.0. The number of carbonyl (C=O) groups excluding carboxylic acids is 2. The van der Waals surface area contributed by atoms with Crippen molar-refractivity contribution in [2.24, 2.45) is 0 Å². The predicted octanol–water partition coefficient (Wildman–Crippen LogP) is 28.0.